The van der Waals surface area contributed by atoms with E-state index < -0.39 is 28.5 Å². The molecule has 0 bridgehead atoms. The van der Waals surface area contributed by atoms with Crippen molar-refractivity contribution in [3.8, 4) is 0 Å². The van der Waals surface area contributed by atoms with Gasteiger partial charge in [-0.2, -0.15) is 0 Å². The van der Waals surface area contributed by atoms with Gasteiger partial charge >= 0.3 is 0 Å². The Kier molecular flexibility index (Phi) is 11.3. The third kappa shape index (κ3) is 8.14. The summed E-state index contributed by atoms with van der Waals surface area (Å²) in [6.07, 6.45) is 1.60. The van der Waals surface area contributed by atoms with Crippen molar-refractivity contribution in [2.45, 2.75) is 57.5 Å². The molecule has 0 aliphatic heterocycles. The van der Waals surface area contributed by atoms with Crippen LogP contribution in [0.3, 0.4) is 0 Å². The second-order valence-corrected chi connectivity index (χ2v) is 12.7. The molecule has 4 aromatic rings. The van der Waals surface area contributed by atoms with Crippen molar-refractivity contribution in [3.05, 3.63) is 131 Å². The van der Waals surface area contributed by atoms with Gasteiger partial charge < -0.3 is 10.2 Å². The molecule has 1 atom stereocenters. The predicted octanol–water partition coefficient (Wildman–Crippen LogP) is 5.92. The van der Waals surface area contributed by atoms with Gasteiger partial charge in [-0.25, -0.2) is 8.42 Å². The van der Waals surface area contributed by atoms with Crippen LogP contribution in [0.4, 0.5) is 5.69 Å². The Morgan fingerprint density at radius 1 is 0.773 bits per heavy atom. The molecule has 2 amide bonds. The summed E-state index contributed by atoms with van der Waals surface area (Å²) in [4.78, 5) is 29.9. The highest BCUT2D eigenvalue weighted by Crippen LogP contribution is 2.28. The van der Waals surface area contributed by atoms with Crippen molar-refractivity contribution in [2.75, 3.05) is 17.4 Å². The van der Waals surface area contributed by atoms with Gasteiger partial charge in [-0.1, -0.05) is 110 Å². The zero-order valence-corrected chi connectivity index (χ0v) is 26.5. The second-order valence-electron chi connectivity index (χ2n) is 10.8. The number of carbonyl (C=O) groups is 2. The number of nitrogens with one attached hydrogen (secondary N) is 1. The van der Waals surface area contributed by atoms with Crippen LogP contribution in [0.2, 0.25) is 0 Å². The number of hydrogen-bond donors (Lipinski definition) is 1. The van der Waals surface area contributed by atoms with Gasteiger partial charge in [-0.05, 0) is 54.7 Å². The number of benzene rings is 4. The summed E-state index contributed by atoms with van der Waals surface area (Å²) < 4.78 is 29.5. The van der Waals surface area contributed by atoms with Crippen molar-refractivity contribution in [1.29, 1.82) is 0 Å². The van der Waals surface area contributed by atoms with Crippen molar-refractivity contribution >= 4 is 27.5 Å². The molecular formula is C36H41N3O4S. The first-order valence-corrected chi connectivity index (χ1v) is 16.5. The zero-order valence-electron chi connectivity index (χ0n) is 25.6. The number of amides is 2. The molecule has 8 heteroatoms. The molecule has 7 nitrogen and oxygen atoms in total. The first-order valence-electron chi connectivity index (χ1n) is 15.1. The standard InChI is InChI=1S/C36H41N3O4S/c1-4-24-37-36(41)34(25-29-14-8-6-9-15-29)38(26-30-22-20-28(3)21-23-30)35(40)27-39(33-19-13-12-16-31(33)5-2)44(42,43)32-17-10-7-11-18-32/h6-23,34H,4-5,24-27H2,1-3H3,(H,37,41)/t34-/m1/s1. The van der Waals surface area contributed by atoms with Gasteiger partial charge in [-0.3, -0.25) is 13.9 Å². The van der Waals surface area contributed by atoms with Crippen molar-refractivity contribution in [1.82, 2.24) is 10.2 Å². The molecule has 0 saturated heterocycles. The minimum absolute atomic E-state index is 0.0883. The van der Waals surface area contributed by atoms with Crippen LogP contribution in [-0.2, 0) is 39.0 Å². The number of aryl methyl sites for hydroxylation is 2. The second kappa shape index (κ2) is 15.3. The summed E-state index contributed by atoms with van der Waals surface area (Å²) in [5.41, 5.74) is 4.06. The Hall–Kier alpha value is -4.43. The van der Waals surface area contributed by atoms with Crippen LogP contribution in [-0.4, -0.2) is 44.3 Å². The van der Waals surface area contributed by atoms with Crippen LogP contribution in [0.25, 0.3) is 0 Å². The largest absolute Gasteiger partial charge is 0.354 e. The van der Waals surface area contributed by atoms with Gasteiger partial charge in [0.2, 0.25) is 11.8 Å². The highest BCUT2D eigenvalue weighted by Gasteiger charge is 2.35. The van der Waals surface area contributed by atoms with Gasteiger partial charge in [0.05, 0.1) is 10.6 Å². The topological polar surface area (TPSA) is 86.8 Å². The van der Waals surface area contributed by atoms with Gasteiger partial charge in [0.25, 0.3) is 10.0 Å². The number of rotatable bonds is 14. The summed E-state index contributed by atoms with van der Waals surface area (Å²) in [6, 6.07) is 31.9. The molecule has 4 rings (SSSR count). The van der Waals surface area contributed by atoms with E-state index in [4.69, 9.17) is 0 Å². The molecule has 0 aliphatic rings. The lowest BCUT2D eigenvalue weighted by atomic mass is 10.0. The lowest BCUT2D eigenvalue weighted by Crippen LogP contribution is -2.53. The molecule has 0 aromatic heterocycles. The summed E-state index contributed by atoms with van der Waals surface area (Å²) in [5.74, 6) is -0.744. The van der Waals surface area contributed by atoms with Gasteiger partial charge in [0, 0.05) is 19.5 Å². The number of carbonyl (C=O) groups excluding carboxylic acids is 2. The van der Waals surface area contributed by atoms with E-state index in [1.54, 1.807) is 30.3 Å². The van der Waals surface area contributed by atoms with E-state index >= 15 is 0 Å². The maximum absolute atomic E-state index is 14.5. The Morgan fingerprint density at radius 3 is 2.02 bits per heavy atom. The van der Waals surface area contributed by atoms with E-state index in [1.165, 1.54) is 21.3 Å². The van der Waals surface area contributed by atoms with Crippen LogP contribution in [0.5, 0.6) is 0 Å². The summed E-state index contributed by atoms with van der Waals surface area (Å²) in [5, 5.41) is 2.98. The van der Waals surface area contributed by atoms with Crippen molar-refractivity contribution in [2.24, 2.45) is 0 Å². The highest BCUT2D eigenvalue weighted by atomic mass is 32.2. The quantitative estimate of drug-likeness (QED) is 0.192. The molecule has 0 heterocycles. The lowest BCUT2D eigenvalue weighted by molar-refractivity contribution is -0.140. The van der Waals surface area contributed by atoms with E-state index in [0.29, 0.717) is 18.7 Å². The molecule has 0 saturated carbocycles. The normalized spacial score (nSPS) is 11.9. The molecule has 230 valence electrons. The summed E-state index contributed by atoms with van der Waals surface area (Å²) in [6.45, 7) is 6.05. The van der Waals surface area contributed by atoms with Crippen LogP contribution < -0.4 is 9.62 Å². The van der Waals surface area contributed by atoms with Crippen LogP contribution in [0, 0.1) is 6.92 Å². The third-order valence-corrected chi connectivity index (χ3v) is 9.32. The molecule has 44 heavy (non-hydrogen) atoms. The minimum atomic E-state index is -4.13. The van der Waals surface area contributed by atoms with Crippen molar-refractivity contribution in [3.63, 3.8) is 0 Å². The molecule has 0 radical (unpaired) electrons. The number of nitrogens with zero attached hydrogens (tertiary/aromatic N) is 2. The molecule has 4 aromatic carbocycles. The SMILES string of the molecule is CCCNC(=O)[C@@H](Cc1ccccc1)N(Cc1ccc(C)cc1)C(=O)CN(c1ccccc1CC)S(=O)(=O)c1ccccc1. The van der Waals surface area contributed by atoms with Gasteiger partial charge in [0.15, 0.2) is 0 Å². The van der Waals surface area contributed by atoms with Gasteiger partial charge in [0.1, 0.15) is 12.6 Å². The van der Waals surface area contributed by atoms with E-state index in [0.717, 1.165) is 28.7 Å². The van der Waals surface area contributed by atoms with Crippen molar-refractivity contribution < 1.29 is 18.0 Å². The number of anilines is 1. The third-order valence-electron chi connectivity index (χ3n) is 7.55. The molecule has 0 spiro atoms. The molecule has 0 unspecified atom stereocenters. The maximum atomic E-state index is 14.5. The monoisotopic (exact) mass is 611 g/mol. The number of hydrogen-bond acceptors (Lipinski definition) is 4. The molecular weight excluding hydrogens is 570 g/mol. The smallest absolute Gasteiger partial charge is 0.264 e. The fraction of sp³-hybridized carbons (Fsp3) is 0.278. The molecule has 0 aliphatic carbocycles. The zero-order chi connectivity index (χ0) is 31.5. The Bertz CT molecular complexity index is 1630. The van der Waals surface area contributed by atoms with E-state index in [9.17, 15) is 18.0 Å². The van der Waals surface area contributed by atoms with E-state index in [2.05, 4.69) is 5.32 Å². The predicted molar refractivity (Wildman–Crippen MR) is 176 cm³/mol. The first-order chi connectivity index (χ1) is 21.2. The summed E-state index contributed by atoms with van der Waals surface area (Å²) in [7, 11) is -4.13. The number of sulfonamides is 1. The fourth-order valence-electron chi connectivity index (χ4n) is 5.10. The fourth-order valence-corrected chi connectivity index (χ4v) is 6.57. The first kappa shape index (κ1) is 32.5. The average molecular weight is 612 g/mol. The Balaban J connectivity index is 1.81. The number of para-hydroxylation sites is 1. The minimum Gasteiger partial charge on any atom is -0.354 e. The maximum Gasteiger partial charge on any atom is 0.264 e. The highest BCUT2D eigenvalue weighted by molar-refractivity contribution is 7.92. The molecule has 1 N–H and O–H groups in total. The van der Waals surface area contributed by atoms with Crippen LogP contribution in [0.15, 0.2) is 114 Å². The van der Waals surface area contributed by atoms with E-state index in [-0.39, 0.29) is 23.8 Å². The van der Waals surface area contributed by atoms with Gasteiger partial charge in [-0.15, -0.1) is 0 Å². The lowest BCUT2D eigenvalue weighted by Gasteiger charge is -2.34. The Morgan fingerprint density at radius 2 is 1.39 bits per heavy atom. The molecule has 0 fully saturated rings. The average Bonchev–Trinajstić information content (AvgIpc) is 3.05. The van der Waals surface area contributed by atoms with Crippen LogP contribution in [0.1, 0.15) is 42.5 Å². The van der Waals surface area contributed by atoms with Crippen LogP contribution >= 0.6 is 0 Å². The summed E-state index contributed by atoms with van der Waals surface area (Å²) >= 11 is 0. The Labute approximate surface area is 261 Å². The van der Waals surface area contributed by atoms with E-state index in [1.807, 2.05) is 87.5 Å².